The fourth-order valence-electron chi connectivity index (χ4n) is 2.47. The number of nitrogens with zero attached hydrogens (tertiary/aromatic N) is 2. The van der Waals surface area contributed by atoms with Crippen LogP contribution in [-0.4, -0.2) is 28.6 Å². The molecule has 2 aromatic rings. The van der Waals surface area contributed by atoms with Gasteiger partial charge in [-0.25, -0.2) is 0 Å². The minimum absolute atomic E-state index is 0.116. The van der Waals surface area contributed by atoms with Crippen molar-refractivity contribution in [3.8, 4) is 5.75 Å². The van der Waals surface area contributed by atoms with E-state index in [1.165, 1.54) is 5.56 Å². The maximum absolute atomic E-state index is 9.64. The molecule has 0 aliphatic carbocycles. The van der Waals surface area contributed by atoms with Crippen LogP contribution in [0, 0.1) is 12.8 Å². The van der Waals surface area contributed by atoms with E-state index in [1.807, 2.05) is 38.2 Å². The van der Waals surface area contributed by atoms with Crippen LogP contribution in [0.15, 0.2) is 24.3 Å². The van der Waals surface area contributed by atoms with E-state index in [0.717, 1.165) is 23.6 Å². The van der Waals surface area contributed by atoms with Gasteiger partial charge in [0.1, 0.15) is 5.75 Å². The summed E-state index contributed by atoms with van der Waals surface area (Å²) in [5.74, 6) is 0.954. The zero-order valence-corrected chi connectivity index (χ0v) is 13.4. The highest BCUT2D eigenvalue weighted by Gasteiger charge is 2.17. The molecule has 0 fully saturated rings. The van der Waals surface area contributed by atoms with Crippen LogP contribution in [0.2, 0.25) is 5.02 Å². The minimum atomic E-state index is 0.116. The number of halogens is 1. The summed E-state index contributed by atoms with van der Waals surface area (Å²) in [5.41, 5.74) is 2.97. The monoisotopic (exact) mass is 308 g/mol. The van der Waals surface area contributed by atoms with E-state index < -0.39 is 0 Å². The van der Waals surface area contributed by atoms with Gasteiger partial charge in [-0.2, -0.15) is 5.10 Å². The molecule has 1 N–H and O–H groups in total. The number of aromatic nitrogens is 2. The Morgan fingerprint density at radius 1 is 1.29 bits per heavy atom. The Hall–Kier alpha value is -1.52. The summed E-state index contributed by atoms with van der Waals surface area (Å²) in [6.07, 6.45) is 1.50. The molecule has 1 heterocycles. The van der Waals surface area contributed by atoms with Crippen LogP contribution in [0.25, 0.3) is 0 Å². The smallest absolute Gasteiger partial charge is 0.118 e. The van der Waals surface area contributed by atoms with Crippen molar-refractivity contribution >= 4 is 11.6 Å². The highest BCUT2D eigenvalue weighted by Crippen LogP contribution is 2.24. The van der Waals surface area contributed by atoms with Crippen molar-refractivity contribution in [3.63, 3.8) is 0 Å². The normalized spacial score (nSPS) is 12.4. The lowest BCUT2D eigenvalue weighted by Crippen LogP contribution is -2.15. The van der Waals surface area contributed by atoms with E-state index in [1.54, 1.807) is 11.8 Å². The number of hydrogen-bond donors (Lipinski definition) is 1. The molecule has 0 saturated carbocycles. The number of methoxy groups -OCH3 is 1. The number of ether oxygens (including phenoxy) is 1. The lowest BCUT2D eigenvalue weighted by molar-refractivity contribution is 0.223. The maximum Gasteiger partial charge on any atom is 0.118 e. The van der Waals surface area contributed by atoms with Gasteiger partial charge in [-0.1, -0.05) is 23.7 Å². The Morgan fingerprint density at radius 3 is 2.43 bits per heavy atom. The van der Waals surface area contributed by atoms with E-state index in [0.29, 0.717) is 11.4 Å². The highest BCUT2D eigenvalue weighted by molar-refractivity contribution is 6.31. The molecule has 1 aromatic carbocycles. The van der Waals surface area contributed by atoms with Crippen molar-refractivity contribution < 1.29 is 9.84 Å². The molecule has 0 aliphatic heterocycles. The predicted molar refractivity (Wildman–Crippen MR) is 83.9 cm³/mol. The molecule has 0 spiro atoms. The third kappa shape index (κ3) is 3.77. The van der Waals surface area contributed by atoms with Gasteiger partial charge in [0.25, 0.3) is 0 Å². The van der Waals surface area contributed by atoms with Gasteiger partial charge in [0.15, 0.2) is 0 Å². The van der Waals surface area contributed by atoms with Crippen molar-refractivity contribution in [2.75, 3.05) is 13.7 Å². The third-order valence-electron chi connectivity index (χ3n) is 3.69. The molecule has 21 heavy (non-hydrogen) atoms. The Morgan fingerprint density at radius 2 is 1.95 bits per heavy atom. The highest BCUT2D eigenvalue weighted by atomic mass is 35.5. The third-order valence-corrected chi connectivity index (χ3v) is 4.18. The van der Waals surface area contributed by atoms with Crippen LogP contribution in [0.3, 0.4) is 0 Å². The maximum atomic E-state index is 9.64. The average Bonchev–Trinajstić information content (AvgIpc) is 2.73. The Labute approximate surface area is 130 Å². The first-order valence-electron chi connectivity index (χ1n) is 6.97. The van der Waals surface area contributed by atoms with E-state index in [9.17, 15) is 5.11 Å². The zero-order chi connectivity index (χ0) is 15.4. The Bertz CT molecular complexity index is 593. The molecule has 1 atom stereocenters. The van der Waals surface area contributed by atoms with Crippen LogP contribution < -0.4 is 4.74 Å². The largest absolute Gasteiger partial charge is 0.497 e. The van der Waals surface area contributed by atoms with E-state index in [4.69, 9.17) is 16.3 Å². The average molecular weight is 309 g/mol. The number of aliphatic hydroxyl groups is 1. The van der Waals surface area contributed by atoms with Gasteiger partial charge >= 0.3 is 0 Å². The van der Waals surface area contributed by atoms with Crippen molar-refractivity contribution in [1.29, 1.82) is 0 Å². The van der Waals surface area contributed by atoms with Gasteiger partial charge in [0.2, 0.25) is 0 Å². The summed E-state index contributed by atoms with van der Waals surface area (Å²) >= 11 is 6.28. The molecule has 0 saturated heterocycles. The van der Waals surface area contributed by atoms with E-state index in [2.05, 4.69) is 5.10 Å². The van der Waals surface area contributed by atoms with Gasteiger partial charge in [-0.05, 0) is 43.4 Å². The quantitative estimate of drug-likeness (QED) is 0.892. The van der Waals surface area contributed by atoms with Crippen molar-refractivity contribution in [2.24, 2.45) is 13.0 Å². The Kier molecular flexibility index (Phi) is 5.26. The topological polar surface area (TPSA) is 47.3 Å². The predicted octanol–water partition coefficient (Wildman–Crippen LogP) is 2.78. The molecule has 0 amide bonds. The second-order valence-corrected chi connectivity index (χ2v) is 5.65. The SMILES string of the molecule is COc1ccc(CC(CO)Cc2c(Cl)c(C)nn2C)cc1. The molecule has 2 rings (SSSR count). The van der Waals surface area contributed by atoms with Crippen LogP contribution in [0.1, 0.15) is 17.0 Å². The molecular weight excluding hydrogens is 288 g/mol. The lowest BCUT2D eigenvalue weighted by atomic mass is 9.95. The first-order valence-corrected chi connectivity index (χ1v) is 7.34. The molecule has 1 unspecified atom stereocenters. The number of aliphatic hydroxyl groups excluding tert-OH is 1. The number of aryl methyl sites for hydroxylation is 2. The minimum Gasteiger partial charge on any atom is -0.497 e. The summed E-state index contributed by atoms with van der Waals surface area (Å²) in [7, 11) is 3.54. The van der Waals surface area contributed by atoms with Crippen molar-refractivity contribution in [1.82, 2.24) is 9.78 Å². The van der Waals surface area contributed by atoms with Gasteiger partial charge in [0, 0.05) is 13.7 Å². The van der Waals surface area contributed by atoms with Gasteiger partial charge in [-0.15, -0.1) is 0 Å². The molecule has 1 aromatic heterocycles. The van der Waals surface area contributed by atoms with Crippen LogP contribution >= 0.6 is 11.6 Å². The second-order valence-electron chi connectivity index (χ2n) is 5.27. The standard InChI is InChI=1S/C16H21ClN2O2/c1-11-16(17)15(19(2)18-11)9-13(10-20)8-12-4-6-14(21-3)7-5-12/h4-7,13,20H,8-10H2,1-3H3. The fraction of sp³-hybridized carbons (Fsp3) is 0.438. The Balaban J connectivity index is 2.09. The van der Waals surface area contributed by atoms with Crippen molar-refractivity contribution in [3.05, 3.63) is 46.2 Å². The molecule has 0 radical (unpaired) electrons. The molecule has 5 heteroatoms. The first-order chi connectivity index (χ1) is 10.0. The second kappa shape index (κ2) is 6.96. The first kappa shape index (κ1) is 15.9. The summed E-state index contributed by atoms with van der Waals surface area (Å²) in [4.78, 5) is 0. The number of hydrogen-bond acceptors (Lipinski definition) is 3. The van der Waals surface area contributed by atoms with Gasteiger partial charge < -0.3 is 9.84 Å². The molecule has 0 bridgehead atoms. The van der Waals surface area contributed by atoms with E-state index >= 15 is 0 Å². The number of rotatable bonds is 6. The number of benzene rings is 1. The van der Waals surface area contributed by atoms with E-state index in [-0.39, 0.29) is 12.5 Å². The molecular formula is C16H21ClN2O2. The van der Waals surface area contributed by atoms with Gasteiger partial charge in [-0.3, -0.25) is 4.68 Å². The summed E-state index contributed by atoms with van der Waals surface area (Å²) in [5, 5.41) is 14.7. The van der Waals surface area contributed by atoms with Crippen LogP contribution in [-0.2, 0) is 19.9 Å². The lowest BCUT2D eigenvalue weighted by Gasteiger charge is -2.15. The van der Waals surface area contributed by atoms with Gasteiger partial charge in [0.05, 0.1) is 23.5 Å². The molecule has 4 nitrogen and oxygen atoms in total. The van der Waals surface area contributed by atoms with Crippen molar-refractivity contribution in [2.45, 2.75) is 19.8 Å². The molecule has 0 aliphatic rings. The summed E-state index contributed by atoms with van der Waals surface area (Å²) < 4.78 is 6.95. The molecule has 114 valence electrons. The summed E-state index contributed by atoms with van der Waals surface area (Å²) in [6, 6.07) is 7.92. The van der Waals surface area contributed by atoms with Crippen LogP contribution in [0.4, 0.5) is 0 Å². The van der Waals surface area contributed by atoms with Crippen LogP contribution in [0.5, 0.6) is 5.75 Å². The fourth-order valence-corrected chi connectivity index (χ4v) is 2.71. The summed E-state index contributed by atoms with van der Waals surface area (Å²) in [6.45, 7) is 2.01. The zero-order valence-electron chi connectivity index (χ0n) is 12.6.